The van der Waals surface area contributed by atoms with Crippen LogP contribution in [0.4, 0.5) is 0 Å². The first-order chi connectivity index (χ1) is 11.3. The van der Waals surface area contributed by atoms with Crippen LogP contribution in [0, 0.1) is 0 Å². The van der Waals surface area contributed by atoms with Gasteiger partial charge in [-0.3, -0.25) is 14.8 Å². The van der Waals surface area contributed by atoms with Gasteiger partial charge >= 0.3 is 0 Å². The number of benzene rings is 1. The molecule has 4 rings (SSSR count). The van der Waals surface area contributed by atoms with Gasteiger partial charge < -0.3 is 5.73 Å². The smallest absolute Gasteiger partial charge is 0.0702 e. The van der Waals surface area contributed by atoms with Gasteiger partial charge in [0.05, 0.1) is 5.52 Å². The van der Waals surface area contributed by atoms with E-state index in [-0.39, 0.29) is 0 Å². The van der Waals surface area contributed by atoms with E-state index < -0.39 is 0 Å². The Balaban J connectivity index is 1.37. The number of pyridine rings is 1. The molecule has 1 aromatic heterocycles. The molecule has 1 aromatic carbocycles. The Labute approximate surface area is 138 Å². The molecule has 0 amide bonds. The molecule has 4 heteroatoms. The van der Waals surface area contributed by atoms with Crippen LogP contribution in [0.15, 0.2) is 36.5 Å². The molecule has 122 valence electrons. The molecule has 0 aliphatic carbocycles. The third-order valence-corrected chi connectivity index (χ3v) is 5.41. The summed E-state index contributed by atoms with van der Waals surface area (Å²) in [4.78, 5) is 9.66. The van der Waals surface area contributed by atoms with Gasteiger partial charge in [-0.15, -0.1) is 0 Å². The predicted octanol–water partition coefficient (Wildman–Crippen LogP) is 2.23. The third kappa shape index (κ3) is 3.39. The molecule has 0 radical (unpaired) electrons. The first-order valence-electron chi connectivity index (χ1n) is 8.83. The molecule has 23 heavy (non-hydrogen) atoms. The van der Waals surface area contributed by atoms with E-state index in [0.717, 1.165) is 30.9 Å². The molecule has 0 saturated carbocycles. The standard InChI is InChI=1S/C19H26N4/c20-17-5-10-23(11-6-17)18-7-9-22(14-18)13-15-3-4-19-16(12-15)2-1-8-21-19/h1-4,8,12,17-18H,5-7,9-11,13-14,20H2. The summed E-state index contributed by atoms with van der Waals surface area (Å²) < 4.78 is 0. The van der Waals surface area contributed by atoms with Gasteiger partial charge in [0.15, 0.2) is 0 Å². The molecule has 0 spiro atoms. The number of likely N-dealkylation sites (tertiary alicyclic amines) is 2. The Kier molecular flexibility index (Phi) is 4.29. The number of hydrogen-bond donors (Lipinski definition) is 1. The number of nitrogens with two attached hydrogens (primary N) is 1. The summed E-state index contributed by atoms with van der Waals surface area (Å²) in [7, 11) is 0. The largest absolute Gasteiger partial charge is 0.328 e. The quantitative estimate of drug-likeness (QED) is 0.944. The molecular weight excluding hydrogens is 284 g/mol. The SMILES string of the molecule is NC1CCN(C2CCN(Cc3ccc4ncccc4c3)C2)CC1. The summed E-state index contributed by atoms with van der Waals surface area (Å²) in [5.74, 6) is 0. The van der Waals surface area contributed by atoms with Crippen LogP contribution in [-0.2, 0) is 6.54 Å². The molecule has 1 unspecified atom stereocenters. The second-order valence-electron chi connectivity index (χ2n) is 7.08. The van der Waals surface area contributed by atoms with E-state index in [0.29, 0.717) is 6.04 Å². The van der Waals surface area contributed by atoms with Gasteiger partial charge in [-0.25, -0.2) is 0 Å². The zero-order valence-corrected chi connectivity index (χ0v) is 13.7. The van der Waals surface area contributed by atoms with E-state index in [4.69, 9.17) is 5.73 Å². The number of hydrogen-bond acceptors (Lipinski definition) is 4. The van der Waals surface area contributed by atoms with E-state index in [1.165, 1.54) is 43.5 Å². The molecule has 2 N–H and O–H groups in total. The van der Waals surface area contributed by atoms with Crippen LogP contribution in [0.3, 0.4) is 0 Å². The Morgan fingerprint density at radius 1 is 1.09 bits per heavy atom. The van der Waals surface area contributed by atoms with Gasteiger partial charge in [0, 0.05) is 43.3 Å². The van der Waals surface area contributed by atoms with Crippen molar-refractivity contribution in [3.05, 3.63) is 42.1 Å². The van der Waals surface area contributed by atoms with Gasteiger partial charge in [-0.1, -0.05) is 12.1 Å². The van der Waals surface area contributed by atoms with Crippen molar-refractivity contribution in [3.63, 3.8) is 0 Å². The highest BCUT2D eigenvalue weighted by molar-refractivity contribution is 5.78. The number of nitrogens with zero attached hydrogens (tertiary/aromatic N) is 3. The van der Waals surface area contributed by atoms with Crippen molar-refractivity contribution < 1.29 is 0 Å². The van der Waals surface area contributed by atoms with Crippen LogP contribution in [-0.4, -0.2) is 53.0 Å². The molecule has 3 heterocycles. The minimum absolute atomic E-state index is 0.426. The molecule has 2 aromatic rings. The third-order valence-electron chi connectivity index (χ3n) is 5.41. The van der Waals surface area contributed by atoms with E-state index in [1.807, 2.05) is 12.3 Å². The minimum atomic E-state index is 0.426. The topological polar surface area (TPSA) is 45.4 Å². The fourth-order valence-electron chi connectivity index (χ4n) is 4.02. The van der Waals surface area contributed by atoms with Crippen molar-refractivity contribution in [1.29, 1.82) is 0 Å². The summed E-state index contributed by atoms with van der Waals surface area (Å²) >= 11 is 0. The molecule has 1 atom stereocenters. The van der Waals surface area contributed by atoms with Crippen molar-refractivity contribution >= 4 is 10.9 Å². The highest BCUT2D eigenvalue weighted by Crippen LogP contribution is 2.22. The van der Waals surface area contributed by atoms with E-state index in [2.05, 4.69) is 39.0 Å². The van der Waals surface area contributed by atoms with Crippen LogP contribution < -0.4 is 5.73 Å². The average molecular weight is 310 g/mol. The van der Waals surface area contributed by atoms with Crippen LogP contribution in [0.2, 0.25) is 0 Å². The summed E-state index contributed by atoms with van der Waals surface area (Å²) in [5, 5.41) is 1.24. The lowest BCUT2D eigenvalue weighted by Gasteiger charge is -2.34. The molecule has 0 bridgehead atoms. The minimum Gasteiger partial charge on any atom is -0.328 e. The van der Waals surface area contributed by atoms with Crippen LogP contribution in [0.5, 0.6) is 0 Å². The van der Waals surface area contributed by atoms with Gasteiger partial charge in [0.25, 0.3) is 0 Å². The monoisotopic (exact) mass is 310 g/mol. The van der Waals surface area contributed by atoms with Crippen molar-refractivity contribution in [1.82, 2.24) is 14.8 Å². The molecule has 2 aliphatic rings. The highest BCUT2D eigenvalue weighted by atomic mass is 15.3. The van der Waals surface area contributed by atoms with Crippen molar-refractivity contribution in [2.75, 3.05) is 26.2 Å². The van der Waals surface area contributed by atoms with E-state index >= 15 is 0 Å². The zero-order valence-electron chi connectivity index (χ0n) is 13.7. The molecule has 2 aliphatic heterocycles. The van der Waals surface area contributed by atoms with Crippen LogP contribution in [0.25, 0.3) is 10.9 Å². The maximum absolute atomic E-state index is 6.03. The van der Waals surface area contributed by atoms with Crippen molar-refractivity contribution in [2.45, 2.75) is 37.9 Å². The van der Waals surface area contributed by atoms with Crippen molar-refractivity contribution in [2.24, 2.45) is 5.73 Å². The Morgan fingerprint density at radius 3 is 2.83 bits per heavy atom. The lowest BCUT2D eigenvalue weighted by atomic mass is 10.0. The molecular formula is C19H26N4. The fourth-order valence-corrected chi connectivity index (χ4v) is 4.02. The first-order valence-corrected chi connectivity index (χ1v) is 8.83. The Morgan fingerprint density at radius 2 is 1.96 bits per heavy atom. The average Bonchev–Trinajstić information content (AvgIpc) is 3.04. The zero-order chi connectivity index (χ0) is 15.6. The number of aromatic nitrogens is 1. The Hall–Kier alpha value is -1.49. The normalized spacial score (nSPS) is 24.5. The van der Waals surface area contributed by atoms with Crippen LogP contribution in [0.1, 0.15) is 24.8 Å². The molecule has 4 nitrogen and oxygen atoms in total. The van der Waals surface area contributed by atoms with Gasteiger partial charge in [0.1, 0.15) is 0 Å². The summed E-state index contributed by atoms with van der Waals surface area (Å²) in [6, 6.07) is 12.0. The lowest BCUT2D eigenvalue weighted by molar-refractivity contribution is 0.151. The predicted molar refractivity (Wildman–Crippen MR) is 94.2 cm³/mol. The number of rotatable bonds is 3. The van der Waals surface area contributed by atoms with Gasteiger partial charge in [-0.05, 0) is 56.1 Å². The van der Waals surface area contributed by atoms with Gasteiger partial charge in [-0.2, -0.15) is 0 Å². The van der Waals surface area contributed by atoms with E-state index in [1.54, 1.807) is 0 Å². The molecule has 2 fully saturated rings. The second kappa shape index (κ2) is 6.56. The van der Waals surface area contributed by atoms with Gasteiger partial charge in [0.2, 0.25) is 0 Å². The Bertz CT molecular complexity index is 663. The van der Waals surface area contributed by atoms with E-state index in [9.17, 15) is 0 Å². The summed E-state index contributed by atoms with van der Waals surface area (Å²) in [6.45, 7) is 5.82. The number of piperidine rings is 1. The second-order valence-corrected chi connectivity index (χ2v) is 7.08. The number of fused-ring (bicyclic) bond motifs is 1. The lowest BCUT2D eigenvalue weighted by Crippen LogP contribution is -2.46. The maximum atomic E-state index is 6.03. The van der Waals surface area contributed by atoms with Crippen molar-refractivity contribution in [3.8, 4) is 0 Å². The highest BCUT2D eigenvalue weighted by Gasteiger charge is 2.29. The molecule has 2 saturated heterocycles. The summed E-state index contributed by atoms with van der Waals surface area (Å²) in [5.41, 5.74) is 8.51. The van der Waals surface area contributed by atoms with Crippen LogP contribution >= 0.6 is 0 Å². The first kappa shape index (κ1) is 15.1. The fraction of sp³-hybridized carbons (Fsp3) is 0.526. The maximum Gasteiger partial charge on any atom is 0.0702 e. The summed E-state index contributed by atoms with van der Waals surface area (Å²) in [6.07, 6.45) is 5.48.